The van der Waals surface area contributed by atoms with Gasteiger partial charge in [0.1, 0.15) is 3.70 Å². The van der Waals surface area contributed by atoms with E-state index in [0.717, 1.165) is 19.4 Å². The molecule has 0 saturated heterocycles. The zero-order valence-corrected chi connectivity index (χ0v) is 10.3. The van der Waals surface area contributed by atoms with E-state index in [0.29, 0.717) is 0 Å². The lowest BCUT2D eigenvalue weighted by Gasteiger charge is -1.93. The molecule has 0 aromatic carbocycles. The van der Waals surface area contributed by atoms with E-state index < -0.39 is 0 Å². The molecule has 2 aromatic heterocycles. The van der Waals surface area contributed by atoms with Crippen LogP contribution in [0.15, 0.2) is 18.3 Å². The maximum atomic E-state index is 4.20. The third kappa shape index (κ3) is 2.01. The standard InChI is InChI=1S/C8H7IN4S/c1-10-8-13-12-7(14-8)5-2-3-6(9)11-4-5/h2-4H,1H3,(H,10,13). The Morgan fingerprint density at radius 2 is 2.21 bits per heavy atom. The van der Waals surface area contributed by atoms with E-state index in [1.807, 2.05) is 25.4 Å². The minimum absolute atomic E-state index is 0.818. The Kier molecular flexibility index (Phi) is 2.92. The first kappa shape index (κ1) is 9.78. The highest BCUT2D eigenvalue weighted by atomic mass is 127. The predicted octanol–water partition coefficient (Wildman–Crippen LogP) is 2.25. The maximum absolute atomic E-state index is 4.20. The van der Waals surface area contributed by atoms with Gasteiger partial charge in [0.15, 0.2) is 5.01 Å². The molecule has 0 saturated carbocycles. The van der Waals surface area contributed by atoms with Crippen LogP contribution in [0, 0.1) is 3.70 Å². The number of pyridine rings is 1. The average molecular weight is 318 g/mol. The highest BCUT2D eigenvalue weighted by Gasteiger charge is 2.05. The van der Waals surface area contributed by atoms with Crippen molar-refractivity contribution in [1.82, 2.24) is 15.2 Å². The van der Waals surface area contributed by atoms with Crippen LogP contribution in [0.2, 0.25) is 0 Å². The van der Waals surface area contributed by atoms with E-state index in [4.69, 9.17) is 0 Å². The Bertz CT molecular complexity index is 425. The van der Waals surface area contributed by atoms with Crippen molar-refractivity contribution in [2.45, 2.75) is 0 Å². The summed E-state index contributed by atoms with van der Waals surface area (Å²) >= 11 is 3.69. The molecule has 0 bridgehead atoms. The first-order chi connectivity index (χ1) is 6.79. The number of aromatic nitrogens is 3. The normalized spacial score (nSPS) is 10.1. The lowest BCUT2D eigenvalue weighted by molar-refractivity contribution is 1.09. The minimum atomic E-state index is 0.818. The van der Waals surface area contributed by atoms with Gasteiger partial charge in [-0.25, -0.2) is 4.98 Å². The Labute approximate surface area is 98.9 Å². The molecule has 0 spiro atoms. The largest absolute Gasteiger partial charge is 0.363 e. The Balaban J connectivity index is 2.34. The fraction of sp³-hybridized carbons (Fsp3) is 0.125. The van der Waals surface area contributed by atoms with Crippen molar-refractivity contribution in [3.05, 3.63) is 22.0 Å². The molecule has 0 amide bonds. The monoisotopic (exact) mass is 318 g/mol. The SMILES string of the molecule is CNc1nnc(-c2ccc(I)nc2)s1. The van der Waals surface area contributed by atoms with Crippen LogP contribution in [-0.4, -0.2) is 22.2 Å². The highest BCUT2D eigenvalue weighted by Crippen LogP contribution is 2.25. The van der Waals surface area contributed by atoms with Gasteiger partial charge in [0.2, 0.25) is 5.13 Å². The molecule has 4 nitrogen and oxygen atoms in total. The molecule has 0 radical (unpaired) electrons. The van der Waals surface area contributed by atoms with E-state index in [9.17, 15) is 0 Å². The number of hydrogen-bond donors (Lipinski definition) is 1. The Morgan fingerprint density at radius 1 is 1.36 bits per heavy atom. The lowest BCUT2D eigenvalue weighted by Crippen LogP contribution is -1.84. The van der Waals surface area contributed by atoms with Gasteiger partial charge < -0.3 is 5.32 Å². The average Bonchev–Trinajstić information content (AvgIpc) is 2.67. The summed E-state index contributed by atoms with van der Waals surface area (Å²) in [7, 11) is 1.83. The summed E-state index contributed by atoms with van der Waals surface area (Å²) in [5, 5.41) is 12.7. The number of hydrogen-bond acceptors (Lipinski definition) is 5. The number of anilines is 1. The molecule has 72 valence electrons. The first-order valence-corrected chi connectivity index (χ1v) is 5.82. The summed E-state index contributed by atoms with van der Waals surface area (Å²) in [5.41, 5.74) is 1.00. The van der Waals surface area contributed by atoms with Crippen LogP contribution in [-0.2, 0) is 0 Å². The first-order valence-electron chi connectivity index (χ1n) is 3.93. The third-order valence-electron chi connectivity index (χ3n) is 1.61. The maximum Gasteiger partial charge on any atom is 0.205 e. The van der Waals surface area contributed by atoms with Crippen LogP contribution < -0.4 is 5.32 Å². The molecular formula is C8H7IN4S. The molecule has 1 N–H and O–H groups in total. The number of halogens is 1. The third-order valence-corrected chi connectivity index (χ3v) is 3.24. The van der Waals surface area contributed by atoms with E-state index in [1.54, 1.807) is 0 Å². The van der Waals surface area contributed by atoms with Crippen molar-refractivity contribution >= 4 is 39.1 Å². The molecule has 14 heavy (non-hydrogen) atoms. The Morgan fingerprint density at radius 3 is 2.79 bits per heavy atom. The van der Waals surface area contributed by atoms with Crippen molar-refractivity contribution in [1.29, 1.82) is 0 Å². The summed E-state index contributed by atoms with van der Waals surface area (Å²) in [6.45, 7) is 0. The Hall–Kier alpha value is -0.760. The van der Waals surface area contributed by atoms with Crippen molar-refractivity contribution < 1.29 is 0 Å². The van der Waals surface area contributed by atoms with Gasteiger partial charge in [-0.05, 0) is 34.7 Å². The molecule has 2 heterocycles. The fourth-order valence-electron chi connectivity index (χ4n) is 0.943. The molecule has 6 heteroatoms. The van der Waals surface area contributed by atoms with Gasteiger partial charge in [0, 0.05) is 18.8 Å². The molecule has 0 unspecified atom stereocenters. The van der Waals surface area contributed by atoms with Crippen LogP contribution in [0.4, 0.5) is 5.13 Å². The van der Waals surface area contributed by atoms with Crippen LogP contribution in [0.25, 0.3) is 10.6 Å². The minimum Gasteiger partial charge on any atom is -0.363 e. The number of nitrogens with zero attached hydrogens (tertiary/aromatic N) is 3. The topological polar surface area (TPSA) is 50.7 Å². The van der Waals surface area contributed by atoms with Gasteiger partial charge >= 0.3 is 0 Å². The second-order valence-corrected chi connectivity index (χ2v) is 4.61. The van der Waals surface area contributed by atoms with Crippen molar-refractivity contribution in [3.63, 3.8) is 0 Å². The van der Waals surface area contributed by atoms with Crippen LogP contribution in [0.1, 0.15) is 0 Å². The van der Waals surface area contributed by atoms with Gasteiger partial charge in [-0.1, -0.05) is 11.3 Å². The van der Waals surface area contributed by atoms with Gasteiger partial charge in [-0.3, -0.25) is 0 Å². The summed E-state index contributed by atoms with van der Waals surface area (Å²) in [6.07, 6.45) is 1.81. The highest BCUT2D eigenvalue weighted by molar-refractivity contribution is 14.1. The molecule has 0 aliphatic heterocycles. The lowest BCUT2D eigenvalue weighted by atomic mass is 10.3. The molecule has 0 aliphatic rings. The van der Waals surface area contributed by atoms with Gasteiger partial charge in [-0.15, -0.1) is 10.2 Å². The molecule has 2 rings (SSSR count). The smallest absolute Gasteiger partial charge is 0.205 e. The molecule has 0 aliphatic carbocycles. The van der Waals surface area contributed by atoms with Gasteiger partial charge in [0.25, 0.3) is 0 Å². The second-order valence-electron chi connectivity index (χ2n) is 2.53. The quantitative estimate of drug-likeness (QED) is 0.682. The molecule has 0 fully saturated rings. The molecular weight excluding hydrogens is 311 g/mol. The van der Waals surface area contributed by atoms with E-state index in [2.05, 4.69) is 43.1 Å². The van der Waals surface area contributed by atoms with E-state index in [-0.39, 0.29) is 0 Å². The predicted molar refractivity (Wildman–Crippen MR) is 65.4 cm³/mol. The van der Waals surface area contributed by atoms with E-state index in [1.165, 1.54) is 11.3 Å². The zero-order chi connectivity index (χ0) is 9.97. The summed E-state index contributed by atoms with van der Waals surface area (Å²) in [4.78, 5) is 4.20. The summed E-state index contributed by atoms with van der Waals surface area (Å²) in [5.74, 6) is 0. The van der Waals surface area contributed by atoms with Crippen molar-refractivity contribution in [2.24, 2.45) is 0 Å². The van der Waals surface area contributed by atoms with Gasteiger partial charge in [0.05, 0.1) is 0 Å². The molecule has 2 aromatic rings. The van der Waals surface area contributed by atoms with E-state index >= 15 is 0 Å². The van der Waals surface area contributed by atoms with Crippen molar-refractivity contribution in [3.8, 4) is 10.6 Å². The summed E-state index contributed by atoms with van der Waals surface area (Å²) < 4.78 is 0.977. The van der Waals surface area contributed by atoms with Crippen LogP contribution in [0.3, 0.4) is 0 Å². The second kappa shape index (κ2) is 4.18. The van der Waals surface area contributed by atoms with Crippen LogP contribution in [0.5, 0.6) is 0 Å². The number of nitrogens with one attached hydrogen (secondary N) is 1. The number of rotatable bonds is 2. The van der Waals surface area contributed by atoms with Gasteiger partial charge in [-0.2, -0.15) is 0 Å². The molecule has 0 atom stereocenters. The fourth-order valence-corrected chi connectivity index (χ4v) is 1.95. The van der Waals surface area contributed by atoms with Crippen LogP contribution >= 0.6 is 33.9 Å². The summed E-state index contributed by atoms with van der Waals surface area (Å²) in [6, 6.07) is 3.95. The zero-order valence-electron chi connectivity index (χ0n) is 7.36. The van der Waals surface area contributed by atoms with Crippen molar-refractivity contribution in [2.75, 3.05) is 12.4 Å².